The van der Waals surface area contributed by atoms with Crippen molar-refractivity contribution < 1.29 is 18.7 Å². The third-order valence-corrected chi connectivity index (χ3v) is 9.01. The Morgan fingerprint density at radius 3 is 2.66 bits per heavy atom. The van der Waals surface area contributed by atoms with E-state index in [-0.39, 0.29) is 5.41 Å². The molecule has 1 unspecified atom stereocenters. The number of hydrogen-bond acceptors (Lipinski definition) is 7. The van der Waals surface area contributed by atoms with Crippen molar-refractivity contribution >= 4 is 50.1 Å². The van der Waals surface area contributed by atoms with Crippen LogP contribution in [-0.4, -0.2) is 23.5 Å². The molecular formula is C33H29N3O4S. The molecule has 7 nitrogen and oxygen atoms in total. The predicted molar refractivity (Wildman–Crippen MR) is 160 cm³/mol. The summed E-state index contributed by atoms with van der Waals surface area (Å²) in [4.78, 5) is 31.9. The number of ether oxygens (including phenoxy) is 1. The summed E-state index contributed by atoms with van der Waals surface area (Å²) in [5, 5.41) is 14.6. The van der Waals surface area contributed by atoms with E-state index in [1.165, 1.54) is 11.3 Å². The summed E-state index contributed by atoms with van der Waals surface area (Å²) in [5.74, 6) is -0.201. The maximum Gasteiger partial charge on any atom is 0.339 e. The maximum atomic E-state index is 13.3. The molecule has 0 saturated heterocycles. The normalized spacial score (nSPS) is 14.9. The quantitative estimate of drug-likeness (QED) is 0.222. The standard InChI is InChI=1S/C33H29N3O4S/c1-33(2,3)20-14-15-21-24(17-34)31(41-27(21)16-20)36-28(37)18-39-32(38)23-11-7-9-19-8-6-10-22(29(19)23)30-35-25-12-4-5-13-26(25)40-30/h4-13,20H,14-16,18H2,1-3H3,(H,36,37). The third-order valence-electron chi connectivity index (χ3n) is 7.84. The van der Waals surface area contributed by atoms with Crippen LogP contribution in [0.15, 0.2) is 65.1 Å². The number of aromatic nitrogens is 1. The molecule has 0 fully saturated rings. The van der Waals surface area contributed by atoms with E-state index < -0.39 is 18.5 Å². The van der Waals surface area contributed by atoms with E-state index in [9.17, 15) is 14.9 Å². The van der Waals surface area contributed by atoms with Crippen LogP contribution in [0.25, 0.3) is 33.3 Å². The Bertz CT molecular complexity index is 1820. The average Bonchev–Trinajstić information content (AvgIpc) is 3.55. The molecule has 1 N–H and O–H groups in total. The SMILES string of the molecule is CC(C)(C)C1CCc2c(sc(NC(=O)COC(=O)c3cccc4cccc(-c5nc6ccccc6o5)c34)c2C#N)C1. The minimum atomic E-state index is -0.631. The summed E-state index contributed by atoms with van der Waals surface area (Å²) in [6, 6.07) is 20.7. The molecule has 5 aromatic rings. The van der Waals surface area contributed by atoms with Crippen molar-refractivity contribution in [1.82, 2.24) is 4.98 Å². The lowest BCUT2D eigenvalue weighted by Gasteiger charge is -2.33. The highest BCUT2D eigenvalue weighted by Gasteiger charge is 2.32. The molecule has 6 rings (SSSR count). The van der Waals surface area contributed by atoms with Crippen LogP contribution in [0.5, 0.6) is 0 Å². The Balaban J connectivity index is 1.21. The molecule has 0 aliphatic heterocycles. The largest absolute Gasteiger partial charge is 0.452 e. The summed E-state index contributed by atoms with van der Waals surface area (Å²) in [5.41, 5.74) is 4.07. The monoisotopic (exact) mass is 563 g/mol. The number of para-hydroxylation sites is 2. The van der Waals surface area contributed by atoms with E-state index in [2.05, 4.69) is 37.1 Å². The van der Waals surface area contributed by atoms with Gasteiger partial charge in [-0.25, -0.2) is 9.78 Å². The molecule has 0 spiro atoms. The van der Waals surface area contributed by atoms with Crippen molar-refractivity contribution in [2.75, 3.05) is 11.9 Å². The van der Waals surface area contributed by atoms with E-state index in [1.807, 2.05) is 48.5 Å². The number of thiophene rings is 1. The number of anilines is 1. The van der Waals surface area contributed by atoms with Crippen LogP contribution < -0.4 is 5.32 Å². The van der Waals surface area contributed by atoms with E-state index in [0.717, 1.165) is 40.6 Å². The fourth-order valence-corrected chi connectivity index (χ4v) is 6.87. The molecule has 0 bridgehead atoms. The Morgan fingerprint density at radius 2 is 1.90 bits per heavy atom. The average molecular weight is 564 g/mol. The van der Waals surface area contributed by atoms with Gasteiger partial charge in [0, 0.05) is 15.8 Å². The number of rotatable bonds is 5. The maximum absolute atomic E-state index is 13.3. The van der Waals surface area contributed by atoms with E-state index in [4.69, 9.17) is 9.15 Å². The molecule has 0 radical (unpaired) electrons. The predicted octanol–water partition coefficient (Wildman–Crippen LogP) is 7.53. The number of carbonyl (C=O) groups excluding carboxylic acids is 2. The Labute approximate surface area is 241 Å². The van der Waals surface area contributed by atoms with Gasteiger partial charge in [-0.05, 0) is 65.8 Å². The van der Waals surface area contributed by atoms with E-state index in [1.54, 1.807) is 12.1 Å². The van der Waals surface area contributed by atoms with Gasteiger partial charge in [0.25, 0.3) is 5.91 Å². The van der Waals surface area contributed by atoms with Gasteiger partial charge in [-0.3, -0.25) is 4.79 Å². The third kappa shape index (κ3) is 5.09. The molecule has 2 heterocycles. The summed E-state index contributed by atoms with van der Waals surface area (Å²) in [6.45, 7) is 6.25. The number of carbonyl (C=O) groups is 2. The molecule has 1 aliphatic rings. The number of esters is 1. The van der Waals surface area contributed by atoms with Crippen molar-refractivity contribution in [3.05, 3.63) is 82.2 Å². The smallest absolute Gasteiger partial charge is 0.339 e. The molecule has 2 aromatic heterocycles. The zero-order valence-corrected chi connectivity index (χ0v) is 23.9. The number of fused-ring (bicyclic) bond motifs is 3. The molecule has 0 saturated carbocycles. The van der Waals surface area contributed by atoms with Crippen molar-refractivity contribution in [1.29, 1.82) is 5.26 Å². The molecule has 1 amide bonds. The minimum absolute atomic E-state index is 0.175. The second kappa shape index (κ2) is 10.5. The van der Waals surface area contributed by atoms with Crippen LogP contribution in [0.4, 0.5) is 5.00 Å². The molecule has 1 aliphatic carbocycles. The van der Waals surface area contributed by atoms with Gasteiger partial charge < -0.3 is 14.5 Å². The Hall–Kier alpha value is -4.48. The zero-order valence-electron chi connectivity index (χ0n) is 23.1. The van der Waals surface area contributed by atoms with Crippen LogP contribution >= 0.6 is 11.3 Å². The van der Waals surface area contributed by atoms with Gasteiger partial charge in [0.05, 0.1) is 11.1 Å². The molecule has 206 valence electrons. The minimum Gasteiger partial charge on any atom is -0.452 e. The fourth-order valence-electron chi connectivity index (χ4n) is 5.58. The second-order valence-electron chi connectivity index (χ2n) is 11.4. The van der Waals surface area contributed by atoms with Crippen LogP contribution in [0.2, 0.25) is 0 Å². The number of nitrogens with one attached hydrogen (secondary N) is 1. The highest BCUT2D eigenvalue weighted by Crippen LogP contribution is 2.44. The second-order valence-corrected chi connectivity index (χ2v) is 12.6. The highest BCUT2D eigenvalue weighted by atomic mass is 32.1. The molecular weight excluding hydrogens is 534 g/mol. The molecule has 8 heteroatoms. The van der Waals surface area contributed by atoms with Crippen molar-refractivity contribution in [3.8, 4) is 17.5 Å². The Kier molecular flexibility index (Phi) is 6.84. The summed E-state index contributed by atoms with van der Waals surface area (Å²) >= 11 is 1.46. The van der Waals surface area contributed by atoms with Crippen LogP contribution in [-0.2, 0) is 22.4 Å². The number of hydrogen-bond donors (Lipinski definition) is 1. The summed E-state index contributed by atoms with van der Waals surface area (Å²) in [6.07, 6.45) is 2.74. The number of nitrogens with zero attached hydrogens (tertiary/aromatic N) is 2. The Morgan fingerprint density at radius 1 is 1.12 bits per heavy atom. The van der Waals surface area contributed by atoms with Crippen molar-refractivity contribution in [2.45, 2.75) is 40.0 Å². The molecule has 1 atom stereocenters. The van der Waals surface area contributed by atoms with Gasteiger partial charge >= 0.3 is 5.97 Å². The van der Waals surface area contributed by atoms with Crippen LogP contribution in [0, 0.1) is 22.7 Å². The van der Waals surface area contributed by atoms with Gasteiger partial charge in [0.1, 0.15) is 16.6 Å². The lowest BCUT2D eigenvalue weighted by atomic mass is 9.72. The first-order valence-corrected chi connectivity index (χ1v) is 14.4. The topological polar surface area (TPSA) is 105 Å². The van der Waals surface area contributed by atoms with Gasteiger partial charge in [-0.15, -0.1) is 11.3 Å². The van der Waals surface area contributed by atoms with Gasteiger partial charge in [-0.1, -0.05) is 57.2 Å². The van der Waals surface area contributed by atoms with E-state index in [0.29, 0.717) is 44.5 Å². The number of nitriles is 1. The first-order valence-electron chi connectivity index (χ1n) is 13.6. The zero-order chi connectivity index (χ0) is 28.7. The first kappa shape index (κ1) is 26.7. The van der Waals surface area contributed by atoms with Crippen molar-refractivity contribution in [3.63, 3.8) is 0 Å². The number of benzene rings is 3. The molecule has 41 heavy (non-hydrogen) atoms. The van der Waals surface area contributed by atoms with E-state index >= 15 is 0 Å². The lowest BCUT2D eigenvalue weighted by Crippen LogP contribution is -2.26. The van der Waals surface area contributed by atoms with Crippen molar-refractivity contribution in [2.24, 2.45) is 11.3 Å². The first-order chi connectivity index (χ1) is 19.7. The van der Waals surface area contributed by atoms with Crippen LogP contribution in [0.1, 0.15) is 53.6 Å². The number of amides is 1. The lowest BCUT2D eigenvalue weighted by molar-refractivity contribution is -0.119. The van der Waals surface area contributed by atoms with Gasteiger partial charge in [0.2, 0.25) is 5.89 Å². The number of oxazole rings is 1. The summed E-state index contributed by atoms with van der Waals surface area (Å²) in [7, 11) is 0. The molecule has 3 aromatic carbocycles. The fraction of sp³-hybridized carbons (Fsp3) is 0.273. The highest BCUT2D eigenvalue weighted by molar-refractivity contribution is 7.16. The van der Waals surface area contributed by atoms with Crippen LogP contribution in [0.3, 0.4) is 0 Å². The van der Waals surface area contributed by atoms with Gasteiger partial charge in [0.15, 0.2) is 12.2 Å². The van der Waals surface area contributed by atoms with Gasteiger partial charge in [-0.2, -0.15) is 5.26 Å². The summed E-state index contributed by atoms with van der Waals surface area (Å²) < 4.78 is 11.5.